The van der Waals surface area contributed by atoms with E-state index in [2.05, 4.69) is 101 Å². The summed E-state index contributed by atoms with van der Waals surface area (Å²) in [7, 11) is 0. The summed E-state index contributed by atoms with van der Waals surface area (Å²) in [6, 6.07) is 25.5. The van der Waals surface area contributed by atoms with Crippen molar-refractivity contribution in [1.82, 2.24) is 10.6 Å². The van der Waals surface area contributed by atoms with Crippen LogP contribution in [0.25, 0.3) is 0 Å². The molecule has 258 valence electrons. The minimum absolute atomic E-state index is 0.0723. The van der Waals surface area contributed by atoms with Crippen molar-refractivity contribution < 1.29 is 19.1 Å². The third-order valence-electron chi connectivity index (χ3n) is 9.81. The smallest absolute Gasteiger partial charge is 0.321 e. The van der Waals surface area contributed by atoms with Crippen molar-refractivity contribution in [2.45, 2.75) is 90.3 Å². The SMILES string of the molecule is CCCCNC(=O)N(CC1CO1)c1ccc(C(C)(C)c2ccc(C(C)(C)c3ccc(N(CC4CO4)C(=O)NCCCC)cc3)cc2)cc1. The minimum atomic E-state index is -0.233. The van der Waals surface area contributed by atoms with Crippen molar-refractivity contribution in [3.63, 3.8) is 0 Å². The lowest BCUT2D eigenvalue weighted by atomic mass is 9.74. The summed E-state index contributed by atoms with van der Waals surface area (Å²) in [5.41, 5.74) is 6.10. The number of epoxide rings is 2. The monoisotopic (exact) mass is 654 g/mol. The van der Waals surface area contributed by atoms with Crippen LogP contribution < -0.4 is 20.4 Å². The maximum Gasteiger partial charge on any atom is 0.321 e. The molecule has 2 aliphatic heterocycles. The Balaban J connectivity index is 1.28. The number of anilines is 2. The van der Waals surface area contributed by atoms with E-state index in [4.69, 9.17) is 9.47 Å². The van der Waals surface area contributed by atoms with Crippen LogP contribution in [0.4, 0.5) is 21.0 Å². The Bertz CT molecular complexity index is 1380. The van der Waals surface area contributed by atoms with E-state index in [9.17, 15) is 9.59 Å². The van der Waals surface area contributed by atoms with Crippen LogP contribution in [-0.4, -0.2) is 63.7 Å². The fraction of sp³-hybridized carbons (Fsp3) is 0.500. The fourth-order valence-electron chi connectivity index (χ4n) is 6.05. The van der Waals surface area contributed by atoms with Crippen molar-refractivity contribution in [2.75, 3.05) is 49.2 Å². The van der Waals surface area contributed by atoms with Crippen molar-refractivity contribution >= 4 is 23.4 Å². The average molecular weight is 655 g/mol. The molecule has 2 fully saturated rings. The first-order valence-corrected chi connectivity index (χ1v) is 17.7. The van der Waals surface area contributed by atoms with Gasteiger partial charge in [-0.2, -0.15) is 0 Å². The van der Waals surface area contributed by atoms with Gasteiger partial charge in [-0.1, -0.05) is 103 Å². The number of nitrogens with zero attached hydrogens (tertiary/aromatic N) is 2. The second-order valence-electron chi connectivity index (χ2n) is 14.2. The molecule has 48 heavy (non-hydrogen) atoms. The summed E-state index contributed by atoms with van der Waals surface area (Å²) in [6.45, 7) is 17.1. The number of carbonyl (C=O) groups is 2. The molecule has 8 nitrogen and oxygen atoms in total. The van der Waals surface area contributed by atoms with Crippen molar-refractivity contribution in [3.8, 4) is 0 Å². The van der Waals surface area contributed by atoms with Gasteiger partial charge in [0.15, 0.2) is 0 Å². The lowest BCUT2D eigenvalue weighted by Gasteiger charge is -2.30. The summed E-state index contributed by atoms with van der Waals surface area (Å²) in [6.07, 6.45) is 4.22. The third kappa shape index (κ3) is 8.77. The highest BCUT2D eigenvalue weighted by molar-refractivity contribution is 5.92. The number of hydrogen-bond donors (Lipinski definition) is 2. The number of urea groups is 2. The summed E-state index contributed by atoms with van der Waals surface area (Å²) in [5, 5.41) is 6.11. The van der Waals surface area contributed by atoms with Crippen molar-refractivity contribution in [2.24, 2.45) is 0 Å². The van der Waals surface area contributed by atoms with E-state index >= 15 is 0 Å². The first-order valence-electron chi connectivity index (χ1n) is 17.7. The molecule has 4 amide bonds. The van der Waals surface area contributed by atoms with Crippen molar-refractivity contribution in [1.29, 1.82) is 0 Å². The molecule has 2 aliphatic rings. The molecule has 2 N–H and O–H groups in total. The number of unbranched alkanes of at least 4 members (excludes halogenated alkanes) is 2. The van der Waals surface area contributed by atoms with Gasteiger partial charge in [0.1, 0.15) is 0 Å². The first-order chi connectivity index (χ1) is 23.0. The first kappa shape index (κ1) is 35.4. The number of rotatable bonds is 16. The van der Waals surface area contributed by atoms with Gasteiger partial charge in [-0.3, -0.25) is 9.80 Å². The quantitative estimate of drug-likeness (QED) is 0.122. The highest BCUT2D eigenvalue weighted by Gasteiger charge is 2.31. The largest absolute Gasteiger partial charge is 0.371 e. The van der Waals surface area contributed by atoms with Gasteiger partial charge in [0, 0.05) is 35.3 Å². The Hall–Kier alpha value is -3.88. The van der Waals surface area contributed by atoms with Gasteiger partial charge in [0.25, 0.3) is 0 Å². The molecule has 0 radical (unpaired) electrons. The summed E-state index contributed by atoms with van der Waals surface area (Å²) >= 11 is 0. The Morgan fingerprint density at radius 1 is 0.604 bits per heavy atom. The molecule has 8 heteroatoms. The molecule has 5 rings (SSSR count). The van der Waals surface area contributed by atoms with Crippen LogP contribution >= 0.6 is 0 Å². The van der Waals surface area contributed by atoms with E-state index in [0.29, 0.717) is 39.4 Å². The van der Waals surface area contributed by atoms with Crippen LogP contribution in [0.5, 0.6) is 0 Å². The zero-order valence-corrected chi connectivity index (χ0v) is 29.7. The predicted octanol–water partition coefficient (Wildman–Crippen LogP) is 7.77. The number of ether oxygens (including phenoxy) is 2. The van der Waals surface area contributed by atoms with Gasteiger partial charge < -0.3 is 20.1 Å². The maximum absolute atomic E-state index is 13.0. The maximum atomic E-state index is 13.0. The van der Waals surface area contributed by atoms with Gasteiger partial charge in [-0.05, 0) is 59.4 Å². The molecular weight excluding hydrogens is 600 g/mol. The normalized spacial score (nSPS) is 17.0. The topological polar surface area (TPSA) is 89.7 Å². The van der Waals surface area contributed by atoms with E-state index in [-0.39, 0.29) is 35.1 Å². The standard InChI is InChI=1S/C40H54N4O4/c1-7-9-23-41-37(45)43(25-35-27-47-35)33-19-15-31(16-20-33)39(3,4)29-11-13-30(14-12-29)40(5,6)32-17-21-34(22-18-32)44(26-36-28-48-36)38(46)42-24-10-8-2/h11-22,35-36H,7-10,23-28H2,1-6H3,(H,41,45)(H,42,46). The summed E-state index contributed by atoms with van der Waals surface area (Å²) < 4.78 is 10.9. The third-order valence-corrected chi connectivity index (χ3v) is 9.81. The van der Waals surface area contributed by atoms with Gasteiger partial charge in [-0.25, -0.2) is 9.59 Å². The Labute approximate surface area is 287 Å². The Morgan fingerprint density at radius 2 is 0.896 bits per heavy atom. The zero-order valence-electron chi connectivity index (χ0n) is 29.7. The summed E-state index contributed by atoms with van der Waals surface area (Å²) in [5.74, 6) is 0. The zero-order chi connectivity index (χ0) is 34.3. The molecule has 0 aliphatic carbocycles. The van der Waals surface area contributed by atoms with E-state index in [1.165, 1.54) is 22.3 Å². The van der Waals surface area contributed by atoms with E-state index in [1.54, 1.807) is 9.80 Å². The molecule has 2 atom stereocenters. The Kier molecular flexibility index (Phi) is 11.5. The van der Waals surface area contributed by atoms with E-state index < -0.39 is 0 Å². The lowest BCUT2D eigenvalue weighted by molar-refractivity contribution is 0.244. The molecule has 3 aromatic carbocycles. The van der Waals surface area contributed by atoms with Gasteiger partial charge in [0.05, 0.1) is 38.5 Å². The molecule has 0 spiro atoms. The molecule has 2 heterocycles. The molecular formula is C40H54N4O4. The predicted molar refractivity (Wildman–Crippen MR) is 194 cm³/mol. The van der Waals surface area contributed by atoms with Gasteiger partial charge in [0.2, 0.25) is 0 Å². The second kappa shape index (κ2) is 15.6. The number of amides is 4. The second-order valence-corrected chi connectivity index (χ2v) is 14.2. The number of nitrogens with one attached hydrogen (secondary N) is 2. The summed E-state index contributed by atoms with van der Waals surface area (Å²) in [4.78, 5) is 29.6. The van der Waals surface area contributed by atoms with Gasteiger partial charge in [-0.15, -0.1) is 0 Å². The van der Waals surface area contributed by atoms with E-state index in [0.717, 1.165) is 37.1 Å². The Morgan fingerprint density at radius 3 is 1.17 bits per heavy atom. The molecule has 0 bridgehead atoms. The average Bonchev–Trinajstić information content (AvgIpc) is 4.03. The molecule has 2 unspecified atom stereocenters. The van der Waals surface area contributed by atoms with Crippen LogP contribution in [-0.2, 0) is 20.3 Å². The fourth-order valence-corrected chi connectivity index (χ4v) is 6.05. The van der Waals surface area contributed by atoms with Crippen LogP contribution in [0.15, 0.2) is 72.8 Å². The number of benzene rings is 3. The van der Waals surface area contributed by atoms with Crippen LogP contribution in [0.3, 0.4) is 0 Å². The van der Waals surface area contributed by atoms with E-state index in [1.807, 2.05) is 24.3 Å². The molecule has 0 aromatic heterocycles. The van der Waals surface area contributed by atoms with Crippen molar-refractivity contribution in [3.05, 3.63) is 95.1 Å². The number of hydrogen-bond acceptors (Lipinski definition) is 4. The molecule has 3 aromatic rings. The van der Waals surface area contributed by atoms with Crippen LogP contribution in [0.2, 0.25) is 0 Å². The minimum Gasteiger partial charge on any atom is -0.371 e. The van der Waals surface area contributed by atoms with Gasteiger partial charge >= 0.3 is 12.1 Å². The number of carbonyl (C=O) groups excluding carboxylic acids is 2. The molecule has 0 saturated carbocycles. The van der Waals surface area contributed by atoms with Crippen LogP contribution in [0, 0.1) is 0 Å². The highest BCUT2D eigenvalue weighted by atomic mass is 16.6. The lowest BCUT2D eigenvalue weighted by Crippen LogP contribution is -2.42. The van der Waals surface area contributed by atoms with Crippen LogP contribution in [0.1, 0.15) is 89.5 Å². The molecule has 2 saturated heterocycles. The highest BCUT2D eigenvalue weighted by Crippen LogP contribution is 2.37.